The van der Waals surface area contributed by atoms with Crippen molar-refractivity contribution in [1.82, 2.24) is 15.5 Å². The molecule has 0 atom stereocenters. The SMILES string of the molecule is C=[O+]CCNCCc1cc(C)cc(Oc2cccnn2)c1. The van der Waals surface area contributed by atoms with E-state index < -0.39 is 0 Å². The summed E-state index contributed by atoms with van der Waals surface area (Å²) in [6.45, 7) is 7.70. The van der Waals surface area contributed by atoms with Gasteiger partial charge in [-0.2, -0.15) is 5.10 Å². The molecule has 110 valence electrons. The fraction of sp³-hybridized carbons (Fsp3) is 0.312. The molecule has 0 aliphatic rings. The first-order valence-corrected chi connectivity index (χ1v) is 6.92. The van der Waals surface area contributed by atoms with Crippen molar-refractivity contribution in [2.45, 2.75) is 13.3 Å². The molecule has 0 spiro atoms. The zero-order chi connectivity index (χ0) is 14.9. The molecule has 0 aliphatic carbocycles. The topological polar surface area (TPSA) is 58.3 Å². The monoisotopic (exact) mass is 286 g/mol. The maximum atomic E-state index is 5.72. The number of ether oxygens (including phenoxy) is 1. The van der Waals surface area contributed by atoms with E-state index in [4.69, 9.17) is 9.16 Å². The van der Waals surface area contributed by atoms with E-state index >= 15 is 0 Å². The lowest BCUT2D eigenvalue weighted by molar-refractivity contribution is -0.444. The number of benzene rings is 1. The van der Waals surface area contributed by atoms with Gasteiger partial charge in [0.25, 0.3) is 13.4 Å². The maximum Gasteiger partial charge on any atom is 0.274 e. The standard InChI is InChI=1S/C16H20N3O2/c1-13-10-14(5-7-17-8-9-20-2)12-15(11-13)21-16-4-3-6-18-19-16/h3-4,6,10-12,17H,2,5,7-9H2,1H3/q+1. The molecule has 5 nitrogen and oxygen atoms in total. The molecule has 0 amide bonds. The average molecular weight is 286 g/mol. The molecule has 0 unspecified atom stereocenters. The fourth-order valence-corrected chi connectivity index (χ4v) is 1.99. The zero-order valence-corrected chi connectivity index (χ0v) is 12.2. The summed E-state index contributed by atoms with van der Waals surface area (Å²) in [5.41, 5.74) is 2.38. The third-order valence-corrected chi connectivity index (χ3v) is 2.89. The van der Waals surface area contributed by atoms with E-state index in [1.54, 1.807) is 18.3 Å². The summed E-state index contributed by atoms with van der Waals surface area (Å²) >= 11 is 0. The van der Waals surface area contributed by atoms with Crippen molar-refractivity contribution in [2.75, 3.05) is 19.7 Å². The Morgan fingerprint density at radius 2 is 2.19 bits per heavy atom. The van der Waals surface area contributed by atoms with Gasteiger partial charge in [0.2, 0.25) is 5.88 Å². The van der Waals surface area contributed by atoms with Crippen LogP contribution in [0.15, 0.2) is 36.5 Å². The first-order valence-electron chi connectivity index (χ1n) is 6.92. The average Bonchev–Trinajstić information content (AvgIpc) is 2.47. The highest BCUT2D eigenvalue weighted by Gasteiger charge is 2.03. The molecule has 0 saturated carbocycles. The molecular formula is C16H20N3O2+. The lowest BCUT2D eigenvalue weighted by atomic mass is 10.1. The maximum absolute atomic E-state index is 5.72. The fourth-order valence-electron chi connectivity index (χ4n) is 1.99. The molecule has 1 N–H and O–H groups in total. The molecule has 0 fully saturated rings. The number of hydrogen-bond donors (Lipinski definition) is 1. The predicted molar refractivity (Wildman–Crippen MR) is 81.8 cm³/mol. The Morgan fingerprint density at radius 3 is 2.95 bits per heavy atom. The van der Waals surface area contributed by atoms with E-state index in [0.717, 1.165) is 30.8 Å². The van der Waals surface area contributed by atoms with Gasteiger partial charge in [0.15, 0.2) is 0 Å². The van der Waals surface area contributed by atoms with Crippen molar-refractivity contribution in [3.63, 3.8) is 0 Å². The van der Waals surface area contributed by atoms with E-state index in [0.29, 0.717) is 12.5 Å². The van der Waals surface area contributed by atoms with E-state index in [9.17, 15) is 0 Å². The Balaban J connectivity index is 1.95. The Bertz CT molecular complexity index is 573. The molecule has 0 radical (unpaired) electrons. The van der Waals surface area contributed by atoms with Gasteiger partial charge in [-0.1, -0.05) is 6.07 Å². The smallest absolute Gasteiger partial charge is 0.274 e. The molecule has 1 aromatic carbocycles. The van der Waals surface area contributed by atoms with Crippen LogP contribution in [0, 0.1) is 6.92 Å². The third-order valence-electron chi connectivity index (χ3n) is 2.89. The van der Waals surface area contributed by atoms with Gasteiger partial charge in [-0.15, -0.1) is 5.10 Å². The minimum absolute atomic E-state index is 0.500. The summed E-state index contributed by atoms with van der Waals surface area (Å²) < 4.78 is 10.5. The number of rotatable bonds is 8. The van der Waals surface area contributed by atoms with Crippen LogP contribution in [-0.2, 0) is 10.8 Å². The Hall–Kier alpha value is -2.27. The number of carbonyl (C=O) groups excluding carboxylic acids is 1. The Labute approximate surface area is 124 Å². The van der Waals surface area contributed by atoms with E-state index in [1.165, 1.54) is 5.56 Å². The highest BCUT2D eigenvalue weighted by Crippen LogP contribution is 2.22. The summed E-state index contributed by atoms with van der Waals surface area (Å²) in [6.07, 6.45) is 2.55. The van der Waals surface area contributed by atoms with Crippen LogP contribution in [-0.4, -0.2) is 36.7 Å². The molecule has 0 saturated heterocycles. The van der Waals surface area contributed by atoms with Crippen molar-refractivity contribution in [1.29, 1.82) is 0 Å². The van der Waals surface area contributed by atoms with Gasteiger partial charge in [-0.25, -0.2) is 0 Å². The molecule has 2 aromatic rings. The first kappa shape index (κ1) is 15.1. The van der Waals surface area contributed by atoms with Crippen molar-refractivity contribution in [3.8, 4) is 11.6 Å². The highest BCUT2D eigenvalue weighted by molar-refractivity contribution is 5.36. The molecule has 0 aliphatic heterocycles. The highest BCUT2D eigenvalue weighted by atomic mass is 16.5. The summed E-state index contributed by atoms with van der Waals surface area (Å²) in [5.74, 6) is 1.28. The number of hydrogen-bond acceptors (Lipinski definition) is 4. The second-order valence-corrected chi connectivity index (χ2v) is 4.73. The van der Waals surface area contributed by atoms with Gasteiger partial charge in [0.05, 0.1) is 6.54 Å². The molecule has 1 heterocycles. The quantitative estimate of drug-likeness (QED) is 0.596. The van der Waals surface area contributed by atoms with Gasteiger partial charge in [0.1, 0.15) is 5.75 Å². The number of aryl methyl sites for hydroxylation is 1. The first-order chi connectivity index (χ1) is 10.3. The van der Waals surface area contributed by atoms with Gasteiger partial charge in [0, 0.05) is 12.3 Å². The van der Waals surface area contributed by atoms with Crippen LogP contribution in [0.2, 0.25) is 0 Å². The minimum atomic E-state index is 0.500. The van der Waals surface area contributed by atoms with Crippen molar-refractivity contribution in [3.05, 3.63) is 47.7 Å². The van der Waals surface area contributed by atoms with Gasteiger partial charge < -0.3 is 10.1 Å². The van der Waals surface area contributed by atoms with Crippen LogP contribution in [0.4, 0.5) is 0 Å². The van der Waals surface area contributed by atoms with Crippen molar-refractivity contribution >= 4 is 6.79 Å². The van der Waals surface area contributed by atoms with E-state index in [-0.39, 0.29) is 0 Å². The van der Waals surface area contributed by atoms with E-state index in [1.807, 2.05) is 12.1 Å². The Kier molecular flexibility index (Phi) is 5.84. The predicted octanol–water partition coefficient (Wildman–Crippen LogP) is 2.07. The molecule has 5 heteroatoms. The molecule has 2 rings (SSSR count). The van der Waals surface area contributed by atoms with Crippen LogP contribution >= 0.6 is 0 Å². The van der Waals surface area contributed by atoms with Crippen LogP contribution in [0.5, 0.6) is 11.6 Å². The summed E-state index contributed by atoms with van der Waals surface area (Å²) in [5, 5.41) is 11.0. The lowest BCUT2D eigenvalue weighted by Gasteiger charge is -2.08. The lowest BCUT2D eigenvalue weighted by Crippen LogP contribution is -2.21. The van der Waals surface area contributed by atoms with Gasteiger partial charge in [-0.3, -0.25) is 4.42 Å². The summed E-state index contributed by atoms with van der Waals surface area (Å²) in [7, 11) is 0. The second kappa shape index (κ2) is 8.11. The van der Waals surface area contributed by atoms with Crippen molar-refractivity contribution < 1.29 is 9.16 Å². The summed E-state index contributed by atoms with van der Waals surface area (Å²) in [4.78, 5) is 0. The van der Waals surface area contributed by atoms with Crippen LogP contribution in [0.3, 0.4) is 0 Å². The zero-order valence-electron chi connectivity index (χ0n) is 12.2. The van der Waals surface area contributed by atoms with Crippen LogP contribution in [0.1, 0.15) is 11.1 Å². The number of nitrogens with one attached hydrogen (secondary N) is 1. The van der Waals surface area contributed by atoms with Gasteiger partial charge in [-0.05, 0) is 49.2 Å². The minimum Gasteiger partial charge on any atom is -0.438 e. The van der Waals surface area contributed by atoms with Crippen LogP contribution in [0.25, 0.3) is 0 Å². The van der Waals surface area contributed by atoms with E-state index in [2.05, 4.69) is 35.3 Å². The Morgan fingerprint density at radius 1 is 1.29 bits per heavy atom. The van der Waals surface area contributed by atoms with Crippen molar-refractivity contribution in [2.24, 2.45) is 0 Å². The number of nitrogens with zero attached hydrogens (tertiary/aromatic N) is 2. The third kappa shape index (κ3) is 5.31. The molecular weight excluding hydrogens is 266 g/mol. The second-order valence-electron chi connectivity index (χ2n) is 4.73. The molecule has 1 aromatic heterocycles. The normalized spacial score (nSPS) is 10.3. The summed E-state index contributed by atoms with van der Waals surface area (Å²) in [6, 6.07) is 9.76. The molecule has 21 heavy (non-hydrogen) atoms. The number of aromatic nitrogens is 2. The molecule has 0 bridgehead atoms. The largest absolute Gasteiger partial charge is 0.438 e. The van der Waals surface area contributed by atoms with Gasteiger partial charge >= 0.3 is 0 Å². The van der Waals surface area contributed by atoms with Crippen LogP contribution < -0.4 is 10.1 Å².